The second-order valence-electron chi connectivity index (χ2n) is 4.51. The van der Waals surface area contributed by atoms with Gasteiger partial charge in [-0.3, -0.25) is 4.79 Å². The minimum absolute atomic E-state index is 0.250. The molecule has 0 radical (unpaired) electrons. The van der Waals surface area contributed by atoms with E-state index in [1.165, 1.54) is 12.3 Å². The van der Waals surface area contributed by atoms with Crippen LogP contribution in [0.15, 0.2) is 77.9 Å². The molecule has 0 bridgehead atoms. The zero-order valence-electron chi connectivity index (χ0n) is 10.7. The fourth-order valence-corrected chi connectivity index (χ4v) is 2.09. The van der Waals surface area contributed by atoms with Gasteiger partial charge in [-0.25, -0.2) is 0 Å². The molecule has 1 N–H and O–H groups in total. The van der Waals surface area contributed by atoms with E-state index < -0.39 is 0 Å². The standard InChI is InChI=1S/C17H13NO2/c19-16-10-11-18(12-17(16)20)15-8-6-14(7-9-15)13-4-2-1-3-5-13/h1-12,20H. The molecular formula is C17H13NO2. The molecule has 0 aliphatic rings. The molecule has 0 unspecified atom stereocenters. The molecule has 0 saturated heterocycles. The number of rotatable bonds is 2. The number of benzene rings is 2. The predicted octanol–water partition coefficient (Wildman–Crippen LogP) is 3.21. The number of hydrogen-bond acceptors (Lipinski definition) is 2. The summed E-state index contributed by atoms with van der Waals surface area (Å²) in [6.07, 6.45) is 3.05. The van der Waals surface area contributed by atoms with Crippen LogP contribution >= 0.6 is 0 Å². The van der Waals surface area contributed by atoms with Gasteiger partial charge in [-0.1, -0.05) is 42.5 Å². The fraction of sp³-hybridized carbons (Fsp3) is 0. The largest absolute Gasteiger partial charge is 0.503 e. The lowest BCUT2D eigenvalue weighted by molar-refractivity contribution is 0.465. The summed E-state index contributed by atoms with van der Waals surface area (Å²) in [5.74, 6) is -0.250. The van der Waals surface area contributed by atoms with Crippen LogP contribution in [0.25, 0.3) is 16.8 Å². The first-order valence-corrected chi connectivity index (χ1v) is 6.31. The quantitative estimate of drug-likeness (QED) is 0.771. The smallest absolute Gasteiger partial charge is 0.223 e. The van der Waals surface area contributed by atoms with E-state index in [1.807, 2.05) is 42.5 Å². The maximum Gasteiger partial charge on any atom is 0.223 e. The molecule has 1 heterocycles. The fourth-order valence-electron chi connectivity index (χ4n) is 2.09. The zero-order valence-corrected chi connectivity index (χ0v) is 10.7. The summed E-state index contributed by atoms with van der Waals surface area (Å²) in [5.41, 5.74) is 2.79. The summed E-state index contributed by atoms with van der Waals surface area (Å²) in [7, 11) is 0. The summed E-state index contributed by atoms with van der Waals surface area (Å²) < 4.78 is 1.71. The highest BCUT2D eigenvalue weighted by Gasteiger charge is 2.01. The Morgan fingerprint density at radius 2 is 1.45 bits per heavy atom. The average Bonchev–Trinajstić information content (AvgIpc) is 2.51. The first-order chi connectivity index (χ1) is 9.74. The SMILES string of the molecule is O=c1ccn(-c2ccc(-c3ccccc3)cc2)cc1O. The van der Waals surface area contributed by atoms with Crippen LogP contribution in [0, 0.1) is 0 Å². The lowest BCUT2D eigenvalue weighted by Crippen LogP contribution is -2.03. The van der Waals surface area contributed by atoms with Gasteiger partial charge in [-0.05, 0) is 23.3 Å². The molecule has 0 amide bonds. The third-order valence-corrected chi connectivity index (χ3v) is 3.17. The van der Waals surface area contributed by atoms with Crippen molar-refractivity contribution in [3.05, 3.63) is 83.3 Å². The molecule has 98 valence electrons. The minimum atomic E-state index is -0.373. The Hall–Kier alpha value is -2.81. The maximum absolute atomic E-state index is 11.2. The number of pyridine rings is 1. The number of aromatic nitrogens is 1. The maximum atomic E-state index is 11.2. The minimum Gasteiger partial charge on any atom is -0.503 e. The van der Waals surface area contributed by atoms with E-state index in [4.69, 9.17) is 0 Å². The third kappa shape index (κ3) is 2.34. The van der Waals surface area contributed by atoms with E-state index in [-0.39, 0.29) is 11.2 Å². The number of aromatic hydroxyl groups is 1. The molecule has 1 aromatic heterocycles. The molecule has 3 rings (SSSR count). The van der Waals surface area contributed by atoms with E-state index in [1.54, 1.807) is 10.8 Å². The van der Waals surface area contributed by atoms with Crippen molar-refractivity contribution in [2.75, 3.05) is 0 Å². The van der Waals surface area contributed by atoms with Gasteiger partial charge < -0.3 is 9.67 Å². The summed E-state index contributed by atoms with van der Waals surface area (Å²) in [6, 6.07) is 19.4. The molecule has 2 aromatic carbocycles. The van der Waals surface area contributed by atoms with E-state index in [0.717, 1.165) is 16.8 Å². The first-order valence-electron chi connectivity index (χ1n) is 6.31. The molecule has 0 fully saturated rings. The topological polar surface area (TPSA) is 42.2 Å². The molecule has 0 aliphatic carbocycles. The Bertz CT molecular complexity index is 774. The predicted molar refractivity (Wildman–Crippen MR) is 79.1 cm³/mol. The summed E-state index contributed by atoms with van der Waals surface area (Å²) in [6.45, 7) is 0. The summed E-state index contributed by atoms with van der Waals surface area (Å²) >= 11 is 0. The molecule has 3 heteroatoms. The van der Waals surface area contributed by atoms with Crippen molar-refractivity contribution in [2.24, 2.45) is 0 Å². The normalized spacial score (nSPS) is 10.4. The van der Waals surface area contributed by atoms with Crippen LogP contribution in [0.5, 0.6) is 5.75 Å². The van der Waals surface area contributed by atoms with Crippen molar-refractivity contribution in [1.82, 2.24) is 4.57 Å². The Kier molecular flexibility index (Phi) is 3.09. The average molecular weight is 263 g/mol. The monoisotopic (exact) mass is 263 g/mol. The molecule has 0 spiro atoms. The molecule has 0 saturated carbocycles. The van der Waals surface area contributed by atoms with Crippen LogP contribution < -0.4 is 5.43 Å². The number of hydrogen-bond donors (Lipinski definition) is 1. The van der Waals surface area contributed by atoms with Crippen molar-refractivity contribution < 1.29 is 5.11 Å². The Labute approximate surface area is 116 Å². The highest BCUT2D eigenvalue weighted by Crippen LogP contribution is 2.20. The van der Waals surface area contributed by atoms with E-state index in [2.05, 4.69) is 12.1 Å². The van der Waals surface area contributed by atoms with Gasteiger partial charge >= 0.3 is 0 Å². The third-order valence-electron chi connectivity index (χ3n) is 3.17. The van der Waals surface area contributed by atoms with Gasteiger partial charge in [0.25, 0.3) is 0 Å². The van der Waals surface area contributed by atoms with Crippen LogP contribution in [0.2, 0.25) is 0 Å². The van der Waals surface area contributed by atoms with Gasteiger partial charge in [0, 0.05) is 18.0 Å². The van der Waals surface area contributed by atoms with Gasteiger partial charge in [0.1, 0.15) is 0 Å². The van der Waals surface area contributed by atoms with Crippen molar-refractivity contribution >= 4 is 0 Å². The van der Waals surface area contributed by atoms with E-state index in [0.29, 0.717) is 0 Å². The molecule has 0 aliphatic heterocycles. The Morgan fingerprint density at radius 1 is 0.800 bits per heavy atom. The van der Waals surface area contributed by atoms with Gasteiger partial charge in [0.15, 0.2) is 5.75 Å². The number of nitrogens with zero attached hydrogens (tertiary/aromatic N) is 1. The van der Waals surface area contributed by atoms with Gasteiger partial charge in [0.05, 0.1) is 6.20 Å². The Morgan fingerprint density at radius 3 is 2.10 bits per heavy atom. The molecule has 3 nitrogen and oxygen atoms in total. The van der Waals surface area contributed by atoms with Crippen molar-refractivity contribution in [1.29, 1.82) is 0 Å². The van der Waals surface area contributed by atoms with Gasteiger partial charge in [-0.2, -0.15) is 0 Å². The van der Waals surface area contributed by atoms with Crippen LogP contribution in [-0.4, -0.2) is 9.67 Å². The highest BCUT2D eigenvalue weighted by molar-refractivity contribution is 5.64. The summed E-state index contributed by atoms with van der Waals surface area (Å²) in [4.78, 5) is 11.2. The van der Waals surface area contributed by atoms with Crippen LogP contribution in [0.1, 0.15) is 0 Å². The lowest BCUT2D eigenvalue weighted by Gasteiger charge is -2.08. The first kappa shape index (κ1) is 12.2. The van der Waals surface area contributed by atoms with Crippen molar-refractivity contribution in [2.45, 2.75) is 0 Å². The summed E-state index contributed by atoms with van der Waals surface area (Å²) in [5, 5.41) is 9.46. The van der Waals surface area contributed by atoms with Crippen LogP contribution in [0.4, 0.5) is 0 Å². The van der Waals surface area contributed by atoms with Crippen LogP contribution in [-0.2, 0) is 0 Å². The molecule has 20 heavy (non-hydrogen) atoms. The molecule has 3 aromatic rings. The van der Waals surface area contributed by atoms with Gasteiger partial charge in [-0.15, -0.1) is 0 Å². The molecular weight excluding hydrogens is 250 g/mol. The molecule has 0 atom stereocenters. The second kappa shape index (κ2) is 5.05. The van der Waals surface area contributed by atoms with Crippen molar-refractivity contribution in [3.63, 3.8) is 0 Å². The highest BCUT2D eigenvalue weighted by atomic mass is 16.3. The van der Waals surface area contributed by atoms with E-state index >= 15 is 0 Å². The van der Waals surface area contributed by atoms with Crippen molar-refractivity contribution in [3.8, 4) is 22.6 Å². The van der Waals surface area contributed by atoms with Gasteiger partial charge in [0.2, 0.25) is 5.43 Å². The second-order valence-corrected chi connectivity index (χ2v) is 4.51. The van der Waals surface area contributed by atoms with Crippen LogP contribution in [0.3, 0.4) is 0 Å². The Balaban J connectivity index is 1.97. The lowest BCUT2D eigenvalue weighted by atomic mass is 10.1. The zero-order chi connectivity index (χ0) is 13.9. The van der Waals surface area contributed by atoms with E-state index in [9.17, 15) is 9.90 Å².